The number of ether oxygens (including phenoxy) is 3. The molecule has 0 unspecified atom stereocenters. The molecule has 2 heterocycles. The number of hydrogen-bond donors (Lipinski definition) is 0. The highest BCUT2D eigenvalue weighted by Crippen LogP contribution is 2.28. The lowest BCUT2D eigenvalue weighted by molar-refractivity contribution is 0.0523. The van der Waals surface area contributed by atoms with Crippen molar-refractivity contribution in [3.8, 4) is 5.75 Å². The molecule has 1 saturated heterocycles. The minimum Gasteiger partial charge on any atom is -0.486 e. The standard InChI is InChI=1S/C22H23NO7S/c1-2-28-22(24)21-18-5-3-4-6-19(18)30-20(21)15-29-16-7-9-17(10-8-16)31(25,26)23-11-13-27-14-12-23/h3-10H,2,11-15H2,1H3. The predicted octanol–water partition coefficient (Wildman–Crippen LogP) is 3.21. The molecule has 0 spiro atoms. The van der Waals surface area contributed by atoms with Crippen molar-refractivity contribution in [3.05, 3.63) is 59.9 Å². The summed E-state index contributed by atoms with van der Waals surface area (Å²) >= 11 is 0. The van der Waals surface area contributed by atoms with E-state index in [1.54, 1.807) is 31.2 Å². The van der Waals surface area contributed by atoms with Gasteiger partial charge >= 0.3 is 5.97 Å². The summed E-state index contributed by atoms with van der Waals surface area (Å²) in [5.74, 6) is 0.332. The number of para-hydroxylation sites is 1. The van der Waals surface area contributed by atoms with Gasteiger partial charge in [-0.3, -0.25) is 0 Å². The molecule has 9 heteroatoms. The molecule has 0 radical (unpaired) electrons. The first kappa shape index (κ1) is 21.4. The normalized spacial score (nSPS) is 15.1. The van der Waals surface area contributed by atoms with Gasteiger partial charge in [0.25, 0.3) is 0 Å². The van der Waals surface area contributed by atoms with Crippen molar-refractivity contribution in [1.29, 1.82) is 0 Å². The quantitative estimate of drug-likeness (QED) is 0.515. The maximum atomic E-state index is 12.7. The van der Waals surface area contributed by atoms with E-state index in [1.165, 1.54) is 16.4 Å². The third kappa shape index (κ3) is 4.43. The Morgan fingerprint density at radius 2 is 1.77 bits per heavy atom. The van der Waals surface area contributed by atoms with Crippen LogP contribution >= 0.6 is 0 Å². The van der Waals surface area contributed by atoms with Gasteiger partial charge in [0.05, 0.1) is 24.7 Å². The van der Waals surface area contributed by atoms with Crippen molar-refractivity contribution in [2.24, 2.45) is 0 Å². The number of carbonyl (C=O) groups is 1. The summed E-state index contributed by atoms with van der Waals surface area (Å²) in [4.78, 5) is 12.6. The van der Waals surface area contributed by atoms with Crippen LogP contribution in [0.25, 0.3) is 11.0 Å². The zero-order valence-corrected chi connectivity index (χ0v) is 17.9. The monoisotopic (exact) mass is 445 g/mol. The fourth-order valence-electron chi connectivity index (χ4n) is 3.42. The third-order valence-corrected chi connectivity index (χ3v) is 6.86. The van der Waals surface area contributed by atoms with E-state index in [0.717, 1.165) is 0 Å². The van der Waals surface area contributed by atoms with Crippen molar-refractivity contribution < 1.29 is 31.8 Å². The van der Waals surface area contributed by atoms with E-state index in [1.807, 2.05) is 12.1 Å². The van der Waals surface area contributed by atoms with Gasteiger partial charge in [-0.2, -0.15) is 4.31 Å². The highest BCUT2D eigenvalue weighted by Gasteiger charge is 2.26. The lowest BCUT2D eigenvalue weighted by Crippen LogP contribution is -2.40. The van der Waals surface area contributed by atoms with Gasteiger partial charge in [-0.1, -0.05) is 18.2 Å². The lowest BCUT2D eigenvalue weighted by Gasteiger charge is -2.26. The Labute approximate surface area is 180 Å². The highest BCUT2D eigenvalue weighted by atomic mass is 32.2. The molecular formula is C22H23NO7S. The number of benzene rings is 2. The van der Waals surface area contributed by atoms with E-state index in [0.29, 0.717) is 54.3 Å². The molecule has 1 aliphatic rings. The number of hydrogen-bond acceptors (Lipinski definition) is 7. The fraction of sp³-hybridized carbons (Fsp3) is 0.318. The van der Waals surface area contributed by atoms with Crippen LogP contribution in [0.15, 0.2) is 57.8 Å². The summed E-state index contributed by atoms with van der Waals surface area (Å²) in [5, 5.41) is 0.659. The van der Waals surface area contributed by atoms with Gasteiger partial charge in [-0.15, -0.1) is 0 Å². The highest BCUT2D eigenvalue weighted by molar-refractivity contribution is 7.89. The molecule has 0 bridgehead atoms. The number of furan rings is 1. The molecule has 1 aliphatic heterocycles. The molecule has 2 aromatic carbocycles. The Morgan fingerprint density at radius 3 is 2.48 bits per heavy atom. The molecule has 1 aromatic heterocycles. The molecule has 1 fully saturated rings. The third-order valence-electron chi connectivity index (χ3n) is 4.95. The summed E-state index contributed by atoms with van der Waals surface area (Å²) in [6.07, 6.45) is 0. The minimum atomic E-state index is -3.57. The average Bonchev–Trinajstić information content (AvgIpc) is 3.17. The van der Waals surface area contributed by atoms with Crippen LogP contribution in [0.4, 0.5) is 0 Å². The van der Waals surface area contributed by atoms with Crippen LogP contribution in [0.3, 0.4) is 0 Å². The van der Waals surface area contributed by atoms with Gasteiger partial charge < -0.3 is 18.6 Å². The molecule has 8 nitrogen and oxygen atoms in total. The second-order valence-corrected chi connectivity index (χ2v) is 8.83. The summed E-state index contributed by atoms with van der Waals surface area (Å²) < 4.78 is 48.8. The first-order chi connectivity index (χ1) is 15.0. The van der Waals surface area contributed by atoms with Crippen molar-refractivity contribution in [2.75, 3.05) is 32.9 Å². The Bertz CT molecular complexity index is 1160. The molecular weight excluding hydrogens is 422 g/mol. The topological polar surface area (TPSA) is 95.3 Å². The van der Waals surface area contributed by atoms with Crippen LogP contribution in [0.1, 0.15) is 23.0 Å². The number of carbonyl (C=O) groups excluding carboxylic acids is 1. The number of nitrogens with zero attached hydrogens (tertiary/aromatic N) is 1. The average molecular weight is 445 g/mol. The molecule has 0 aliphatic carbocycles. The summed E-state index contributed by atoms with van der Waals surface area (Å²) in [5.41, 5.74) is 0.903. The van der Waals surface area contributed by atoms with Crippen LogP contribution in [-0.2, 0) is 26.1 Å². The van der Waals surface area contributed by atoms with E-state index >= 15 is 0 Å². The predicted molar refractivity (Wildman–Crippen MR) is 113 cm³/mol. The van der Waals surface area contributed by atoms with Crippen LogP contribution in [0.5, 0.6) is 5.75 Å². The van der Waals surface area contributed by atoms with Crippen molar-refractivity contribution in [1.82, 2.24) is 4.31 Å². The van der Waals surface area contributed by atoms with Crippen LogP contribution in [-0.4, -0.2) is 51.6 Å². The Balaban J connectivity index is 1.51. The first-order valence-electron chi connectivity index (χ1n) is 9.99. The maximum Gasteiger partial charge on any atom is 0.342 e. The maximum absolute atomic E-state index is 12.7. The molecule has 4 rings (SSSR count). The van der Waals surface area contributed by atoms with Crippen molar-refractivity contribution in [3.63, 3.8) is 0 Å². The number of morpholine rings is 1. The number of fused-ring (bicyclic) bond motifs is 1. The Hall–Kier alpha value is -2.88. The molecule has 0 atom stereocenters. The molecule has 3 aromatic rings. The summed E-state index contributed by atoms with van der Waals surface area (Å²) in [7, 11) is -3.57. The zero-order valence-electron chi connectivity index (χ0n) is 17.1. The second-order valence-electron chi connectivity index (χ2n) is 6.89. The number of sulfonamides is 1. The van der Waals surface area contributed by atoms with E-state index < -0.39 is 16.0 Å². The largest absolute Gasteiger partial charge is 0.486 e. The molecule has 0 saturated carbocycles. The lowest BCUT2D eigenvalue weighted by atomic mass is 10.1. The smallest absolute Gasteiger partial charge is 0.342 e. The van der Waals surface area contributed by atoms with Crippen LogP contribution in [0, 0.1) is 0 Å². The van der Waals surface area contributed by atoms with E-state index in [4.69, 9.17) is 18.6 Å². The van der Waals surface area contributed by atoms with E-state index in [-0.39, 0.29) is 18.1 Å². The van der Waals surface area contributed by atoms with E-state index in [2.05, 4.69) is 0 Å². The number of rotatable bonds is 7. The van der Waals surface area contributed by atoms with Gasteiger partial charge in [0.2, 0.25) is 10.0 Å². The molecule has 164 valence electrons. The van der Waals surface area contributed by atoms with Gasteiger partial charge in [0.1, 0.15) is 23.5 Å². The molecule has 0 N–H and O–H groups in total. The molecule has 31 heavy (non-hydrogen) atoms. The van der Waals surface area contributed by atoms with Crippen LogP contribution in [0.2, 0.25) is 0 Å². The zero-order chi connectivity index (χ0) is 21.8. The minimum absolute atomic E-state index is 0.00160. The Kier molecular flexibility index (Phi) is 6.26. The van der Waals surface area contributed by atoms with Gasteiger partial charge in [-0.05, 0) is 37.3 Å². The fourth-order valence-corrected chi connectivity index (χ4v) is 4.83. The second kappa shape index (κ2) is 9.09. The van der Waals surface area contributed by atoms with Crippen molar-refractivity contribution >= 4 is 27.0 Å². The molecule has 0 amide bonds. The van der Waals surface area contributed by atoms with Crippen LogP contribution < -0.4 is 4.74 Å². The van der Waals surface area contributed by atoms with Gasteiger partial charge in [-0.25, -0.2) is 13.2 Å². The van der Waals surface area contributed by atoms with Gasteiger partial charge in [0.15, 0.2) is 5.76 Å². The first-order valence-corrected chi connectivity index (χ1v) is 11.4. The SMILES string of the molecule is CCOC(=O)c1c(COc2ccc(S(=O)(=O)N3CCOCC3)cc2)oc2ccccc12. The summed E-state index contributed by atoms with van der Waals surface area (Å²) in [6, 6.07) is 13.4. The van der Waals surface area contributed by atoms with E-state index in [9.17, 15) is 13.2 Å². The number of esters is 1. The van der Waals surface area contributed by atoms with Crippen molar-refractivity contribution in [2.45, 2.75) is 18.4 Å². The van der Waals surface area contributed by atoms with Gasteiger partial charge in [0, 0.05) is 18.5 Å². The Morgan fingerprint density at radius 1 is 1.06 bits per heavy atom. The summed E-state index contributed by atoms with van der Waals surface area (Å²) in [6.45, 7) is 3.44.